The van der Waals surface area contributed by atoms with E-state index in [4.69, 9.17) is 19.4 Å². The Balaban J connectivity index is 2.22. The van der Waals surface area contributed by atoms with Crippen molar-refractivity contribution < 1.29 is 0 Å². The molecule has 0 aliphatic heterocycles. The summed E-state index contributed by atoms with van der Waals surface area (Å²) in [5.41, 5.74) is 4.45. The Hall–Kier alpha value is -1.21. The zero-order chi connectivity index (χ0) is 12.3. The lowest BCUT2D eigenvalue weighted by Gasteiger charge is -2.07. The normalized spacial score (nSPS) is 10.5. The highest BCUT2D eigenvalue weighted by Crippen LogP contribution is 2.18. The van der Waals surface area contributed by atoms with Gasteiger partial charge in [-0.3, -0.25) is 0 Å². The van der Waals surface area contributed by atoms with E-state index in [1.165, 1.54) is 11.1 Å². The van der Waals surface area contributed by atoms with Crippen LogP contribution in [-0.4, -0.2) is 7.85 Å². The van der Waals surface area contributed by atoms with Crippen LogP contribution in [0, 0.1) is 0 Å². The van der Waals surface area contributed by atoms with Crippen LogP contribution in [0.3, 0.4) is 0 Å². The molecule has 0 saturated heterocycles. The van der Waals surface area contributed by atoms with Gasteiger partial charge in [0.2, 0.25) is 0 Å². The second kappa shape index (κ2) is 5.42. The van der Waals surface area contributed by atoms with Gasteiger partial charge in [0, 0.05) is 5.02 Å². The van der Waals surface area contributed by atoms with Gasteiger partial charge in [-0.15, -0.1) is 0 Å². The predicted molar refractivity (Wildman–Crippen MR) is 75.5 cm³/mol. The largest absolute Gasteiger partial charge is 0.113 e. The first-order valence-electron chi connectivity index (χ1n) is 5.80. The molecule has 2 radical (unpaired) electrons. The number of hydrogen-bond acceptors (Lipinski definition) is 0. The molecule has 2 heteroatoms. The molecule has 0 heterocycles. The van der Waals surface area contributed by atoms with Crippen molar-refractivity contribution >= 4 is 24.9 Å². The van der Waals surface area contributed by atoms with Gasteiger partial charge in [-0.05, 0) is 35.6 Å². The number of benzene rings is 2. The molecule has 0 spiro atoms. The van der Waals surface area contributed by atoms with Crippen LogP contribution >= 0.6 is 11.6 Å². The number of aryl methyl sites for hydroxylation is 1. The molecule has 2 aromatic carbocycles. The van der Waals surface area contributed by atoms with Gasteiger partial charge < -0.3 is 0 Å². The number of rotatable bonds is 3. The summed E-state index contributed by atoms with van der Waals surface area (Å²) in [6.07, 6.45) is 1.90. The van der Waals surface area contributed by atoms with Crippen molar-refractivity contribution in [3.05, 3.63) is 64.2 Å². The van der Waals surface area contributed by atoms with Crippen LogP contribution in [-0.2, 0) is 12.8 Å². The molecule has 0 atom stereocenters. The molecule has 0 aliphatic carbocycles. The minimum atomic E-state index is 0.759. The Morgan fingerprint density at radius 3 is 2.29 bits per heavy atom. The first kappa shape index (κ1) is 12.3. The molecule has 0 bridgehead atoms. The van der Waals surface area contributed by atoms with Gasteiger partial charge in [0.1, 0.15) is 7.85 Å². The van der Waals surface area contributed by atoms with E-state index in [1.54, 1.807) is 0 Å². The van der Waals surface area contributed by atoms with Crippen LogP contribution in [0.1, 0.15) is 23.6 Å². The summed E-state index contributed by atoms with van der Waals surface area (Å²) in [4.78, 5) is 0. The molecule has 0 amide bonds. The molecule has 2 aromatic rings. The third kappa shape index (κ3) is 3.14. The van der Waals surface area contributed by atoms with E-state index in [0.717, 1.165) is 28.9 Å². The van der Waals surface area contributed by atoms with Gasteiger partial charge in [0.25, 0.3) is 0 Å². The molecule has 17 heavy (non-hydrogen) atoms. The molecule has 0 nitrogen and oxygen atoms in total. The zero-order valence-corrected chi connectivity index (χ0v) is 10.7. The Labute approximate surface area is 109 Å². The van der Waals surface area contributed by atoms with Gasteiger partial charge in [0.15, 0.2) is 0 Å². The van der Waals surface area contributed by atoms with E-state index in [2.05, 4.69) is 31.2 Å². The average Bonchev–Trinajstić information content (AvgIpc) is 2.35. The maximum Gasteiger partial charge on any atom is 0.113 e. The fraction of sp³-hybridized carbons (Fsp3) is 0.200. The van der Waals surface area contributed by atoms with Crippen molar-refractivity contribution in [1.82, 2.24) is 0 Å². The smallest absolute Gasteiger partial charge is 0.0963 e. The maximum absolute atomic E-state index is 6.15. The summed E-state index contributed by atoms with van der Waals surface area (Å²) in [7, 11) is 5.77. The van der Waals surface area contributed by atoms with Crippen molar-refractivity contribution in [2.75, 3.05) is 0 Å². The van der Waals surface area contributed by atoms with Gasteiger partial charge >= 0.3 is 0 Å². The monoisotopic (exact) mass is 240 g/mol. The molecule has 0 N–H and O–H groups in total. The number of halogens is 1. The Kier molecular flexibility index (Phi) is 3.91. The van der Waals surface area contributed by atoms with Crippen LogP contribution in [0.2, 0.25) is 5.02 Å². The molecule has 0 fully saturated rings. The maximum atomic E-state index is 6.15. The SMILES string of the molecule is [B]c1ccc(Cl)c(Cc2ccc(CC)cc2)c1. The highest BCUT2D eigenvalue weighted by molar-refractivity contribution is 6.34. The zero-order valence-electron chi connectivity index (χ0n) is 9.91. The van der Waals surface area contributed by atoms with E-state index < -0.39 is 0 Å². The van der Waals surface area contributed by atoms with E-state index in [0.29, 0.717) is 0 Å². The summed E-state index contributed by atoms with van der Waals surface area (Å²) >= 11 is 6.15. The molecule has 2 rings (SSSR count). The molecule has 0 aliphatic rings. The lowest BCUT2D eigenvalue weighted by Crippen LogP contribution is -2.03. The summed E-state index contributed by atoms with van der Waals surface area (Å²) in [6.45, 7) is 2.16. The van der Waals surface area contributed by atoms with Gasteiger partial charge in [-0.2, -0.15) is 0 Å². The van der Waals surface area contributed by atoms with Crippen molar-refractivity contribution in [3.8, 4) is 0 Å². The average molecular weight is 241 g/mol. The second-order valence-electron chi connectivity index (χ2n) is 4.20. The second-order valence-corrected chi connectivity index (χ2v) is 4.60. The molecule has 0 aromatic heterocycles. The summed E-state index contributed by atoms with van der Waals surface area (Å²) in [6, 6.07) is 14.2. The number of hydrogen-bond donors (Lipinski definition) is 0. The lowest BCUT2D eigenvalue weighted by molar-refractivity contribution is 1.12. The third-order valence-electron chi connectivity index (χ3n) is 2.90. The van der Waals surface area contributed by atoms with Crippen molar-refractivity contribution in [3.63, 3.8) is 0 Å². The van der Waals surface area contributed by atoms with E-state index in [9.17, 15) is 0 Å². The topological polar surface area (TPSA) is 0 Å². The van der Waals surface area contributed by atoms with Crippen molar-refractivity contribution in [2.24, 2.45) is 0 Å². The first-order chi connectivity index (χ1) is 8.19. The van der Waals surface area contributed by atoms with E-state index in [-0.39, 0.29) is 0 Å². The van der Waals surface area contributed by atoms with E-state index in [1.807, 2.05) is 18.2 Å². The van der Waals surface area contributed by atoms with Crippen LogP contribution in [0.4, 0.5) is 0 Å². The minimum absolute atomic E-state index is 0.759. The molecular weight excluding hydrogens is 226 g/mol. The third-order valence-corrected chi connectivity index (χ3v) is 3.26. The minimum Gasteiger partial charge on any atom is -0.0963 e. The van der Waals surface area contributed by atoms with Crippen molar-refractivity contribution in [1.29, 1.82) is 0 Å². The van der Waals surface area contributed by atoms with Gasteiger partial charge in [-0.1, -0.05) is 60.4 Å². The van der Waals surface area contributed by atoms with Crippen LogP contribution in [0.15, 0.2) is 42.5 Å². The highest BCUT2D eigenvalue weighted by atomic mass is 35.5. The summed E-state index contributed by atoms with van der Waals surface area (Å²) in [5.74, 6) is 0. The quantitative estimate of drug-likeness (QED) is 0.722. The van der Waals surface area contributed by atoms with E-state index >= 15 is 0 Å². The van der Waals surface area contributed by atoms with Crippen LogP contribution in [0.25, 0.3) is 0 Å². The Bertz CT molecular complexity index is 503. The molecule has 0 unspecified atom stereocenters. The fourth-order valence-electron chi connectivity index (χ4n) is 1.84. The van der Waals surface area contributed by atoms with Gasteiger partial charge in [-0.25, -0.2) is 0 Å². The lowest BCUT2D eigenvalue weighted by atomic mass is 9.92. The van der Waals surface area contributed by atoms with Gasteiger partial charge in [0.05, 0.1) is 0 Å². The highest BCUT2D eigenvalue weighted by Gasteiger charge is 2.02. The van der Waals surface area contributed by atoms with Crippen LogP contribution < -0.4 is 5.46 Å². The molecule has 0 saturated carbocycles. The summed E-state index contributed by atoms with van der Waals surface area (Å²) in [5, 5.41) is 0.777. The molecular formula is C15H14BCl. The Morgan fingerprint density at radius 2 is 1.65 bits per heavy atom. The fourth-order valence-corrected chi connectivity index (χ4v) is 2.03. The Morgan fingerprint density at radius 1 is 1.00 bits per heavy atom. The summed E-state index contributed by atoms with van der Waals surface area (Å²) < 4.78 is 0. The van der Waals surface area contributed by atoms with Crippen molar-refractivity contribution in [2.45, 2.75) is 19.8 Å². The predicted octanol–water partition coefficient (Wildman–Crippen LogP) is 3.29. The first-order valence-corrected chi connectivity index (χ1v) is 6.18. The standard InChI is InChI=1S/C15H14BCl/c1-2-11-3-5-12(6-4-11)9-13-10-14(16)7-8-15(13)17/h3-8,10H,2,9H2,1H3. The molecule has 84 valence electrons. The van der Waals surface area contributed by atoms with Crippen LogP contribution in [0.5, 0.6) is 0 Å².